The smallest absolute Gasteiger partial charge is 0.151 e. The third-order valence-corrected chi connectivity index (χ3v) is 3.52. The molecule has 21 heavy (non-hydrogen) atoms. The molecule has 0 spiro atoms. The molecular formula is C17H21ClN2O. The number of fused-ring (bicyclic) bond motifs is 2. The maximum atomic E-state index is 5.98. The minimum absolute atomic E-state index is 0. The molecular weight excluding hydrogens is 284 g/mol. The molecule has 0 aromatic heterocycles. The van der Waals surface area contributed by atoms with Gasteiger partial charge in [0.15, 0.2) is 11.5 Å². The molecule has 4 heteroatoms. The summed E-state index contributed by atoms with van der Waals surface area (Å²) >= 11 is 0. The van der Waals surface area contributed by atoms with Crippen LogP contribution >= 0.6 is 12.4 Å². The average Bonchev–Trinajstić information content (AvgIpc) is 2.46. The third-order valence-electron chi connectivity index (χ3n) is 3.52. The topological polar surface area (TPSA) is 15.7 Å². The van der Waals surface area contributed by atoms with Crippen molar-refractivity contribution in [2.24, 2.45) is 0 Å². The second-order valence-corrected chi connectivity index (χ2v) is 5.35. The van der Waals surface area contributed by atoms with Gasteiger partial charge in [0.2, 0.25) is 0 Å². The molecule has 1 heterocycles. The quantitative estimate of drug-likeness (QED) is 0.837. The molecule has 0 bridgehead atoms. The summed E-state index contributed by atoms with van der Waals surface area (Å²) in [7, 11) is 4.22. The fourth-order valence-electron chi connectivity index (χ4n) is 2.57. The Morgan fingerprint density at radius 1 is 0.905 bits per heavy atom. The van der Waals surface area contributed by atoms with Crippen LogP contribution in [0, 0.1) is 0 Å². The van der Waals surface area contributed by atoms with Crippen LogP contribution in [0.4, 0.5) is 11.4 Å². The molecule has 1 aliphatic rings. The maximum absolute atomic E-state index is 5.98. The van der Waals surface area contributed by atoms with E-state index >= 15 is 0 Å². The number of para-hydroxylation sites is 4. The van der Waals surface area contributed by atoms with E-state index in [9.17, 15) is 0 Å². The third kappa shape index (κ3) is 3.31. The molecule has 0 aliphatic carbocycles. The lowest BCUT2D eigenvalue weighted by Crippen LogP contribution is -2.25. The van der Waals surface area contributed by atoms with Gasteiger partial charge in [-0.15, -0.1) is 12.4 Å². The largest absolute Gasteiger partial charge is 0.453 e. The Kier molecular flexibility index (Phi) is 5.10. The monoisotopic (exact) mass is 304 g/mol. The Hall–Kier alpha value is -1.71. The molecule has 0 unspecified atom stereocenters. The van der Waals surface area contributed by atoms with Gasteiger partial charge in [-0.3, -0.25) is 0 Å². The van der Waals surface area contributed by atoms with Crippen molar-refractivity contribution in [2.75, 3.05) is 32.1 Å². The van der Waals surface area contributed by atoms with Crippen molar-refractivity contribution in [1.82, 2.24) is 4.90 Å². The number of hydrogen-bond acceptors (Lipinski definition) is 3. The molecule has 0 atom stereocenters. The first kappa shape index (κ1) is 15.7. The lowest BCUT2D eigenvalue weighted by atomic mass is 10.1. The van der Waals surface area contributed by atoms with E-state index in [4.69, 9.17) is 4.74 Å². The van der Waals surface area contributed by atoms with Crippen LogP contribution in [0.5, 0.6) is 11.5 Å². The SMILES string of the molecule is CN(C)CCCN1c2ccccc2Oc2ccccc21.Cl. The fraction of sp³-hybridized carbons (Fsp3) is 0.294. The Balaban J connectivity index is 0.00000161. The maximum Gasteiger partial charge on any atom is 0.151 e. The van der Waals surface area contributed by atoms with Gasteiger partial charge in [0.05, 0.1) is 11.4 Å². The summed E-state index contributed by atoms with van der Waals surface area (Å²) in [4.78, 5) is 4.58. The van der Waals surface area contributed by atoms with Gasteiger partial charge in [-0.1, -0.05) is 24.3 Å². The number of ether oxygens (including phenoxy) is 1. The second-order valence-electron chi connectivity index (χ2n) is 5.35. The lowest BCUT2D eigenvalue weighted by molar-refractivity contribution is 0.401. The van der Waals surface area contributed by atoms with Gasteiger partial charge in [0, 0.05) is 6.54 Å². The van der Waals surface area contributed by atoms with Gasteiger partial charge in [-0.2, -0.15) is 0 Å². The van der Waals surface area contributed by atoms with Crippen molar-refractivity contribution in [3.8, 4) is 11.5 Å². The van der Waals surface area contributed by atoms with Crippen LogP contribution in [0.15, 0.2) is 48.5 Å². The summed E-state index contributed by atoms with van der Waals surface area (Å²) < 4.78 is 5.98. The Morgan fingerprint density at radius 3 is 1.95 bits per heavy atom. The summed E-state index contributed by atoms with van der Waals surface area (Å²) in [5, 5.41) is 0. The second kappa shape index (κ2) is 6.83. The molecule has 0 amide bonds. The van der Waals surface area contributed by atoms with Gasteiger partial charge in [0.1, 0.15) is 0 Å². The molecule has 0 saturated heterocycles. The molecule has 0 saturated carbocycles. The number of anilines is 2. The van der Waals surface area contributed by atoms with E-state index in [1.165, 1.54) is 0 Å². The summed E-state index contributed by atoms with van der Waals surface area (Å²) in [6, 6.07) is 16.5. The lowest BCUT2D eigenvalue weighted by Gasteiger charge is -2.33. The van der Waals surface area contributed by atoms with Crippen molar-refractivity contribution < 1.29 is 4.74 Å². The van der Waals surface area contributed by atoms with Gasteiger partial charge in [-0.05, 0) is 51.3 Å². The summed E-state index contributed by atoms with van der Waals surface area (Å²) in [5.41, 5.74) is 2.31. The van der Waals surface area contributed by atoms with E-state index in [0.717, 1.165) is 42.4 Å². The van der Waals surface area contributed by atoms with Crippen molar-refractivity contribution >= 4 is 23.8 Å². The number of halogens is 1. The van der Waals surface area contributed by atoms with E-state index in [1.54, 1.807) is 0 Å². The molecule has 0 fully saturated rings. The Labute approximate surface area is 132 Å². The normalized spacial score (nSPS) is 12.2. The van der Waals surface area contributed by atoms with Crippen LogP contribution in [0.25, 0.3) is 0 Å². The molecule has 0 radical (unpaired) electrons. The van der Waals surface area contributed by atoms with Crippen LogP contribution in [-0.2, 0) is 0 Å². The van der Waals surface area contributed by atoms with Crippen molar-refractivity contribution in [3.63, 3.8) is 0 Å². The zero-order chi connectivity index (χ0) is 13.9. The predicted octanol–water partition coefficient (Wildman–Crippen LogP) is 4.30. The van der Waals surface area contributed by atoms with Crippen molar-refractivity contribution in [3.05, 3.63) is 48.5 Å². The standard InChI is InChI=1S/C17H20N2O.ClH/c1-18(2)12-7-13-19-14-8-3-5-10-16(14)20-17-11-6-4-9-15(17)19;/h3-6,8-11H,7,12-13H2,1-2H3;1H. The summed E-state index contributed by atoms with van der Waals surface area (Å²) in [5.74, 6) is 1.88. The summed E-state index contributed by atoms with van der Waals surface area (Å²) in [6.07, 6.45) is 1.12. The highest BCUT2D eigenvalue weighted by Gasteiger charge is 2.22. The zero-order valence-corrected chi connectivity index (χ0v) is 13.3. The van der Waals surface area contributed by atoms with E-state index in [1.807, 2.05) is 24.3 Å². The van der Waals surface area contributed by atoms with Crippen LogP contribution in [0.1, 0.15) is 6.42 Å². The van der Waals surface area contributed by atoms with Crippen LogP contribution in [-0.4, -0.2) is 32.1 Å². The Bertz CT molecular complexity index is 555. The number of rotatable bonds is 4. The van der Waals surface area contributed by atoms with Gasteiger partial charge >= 0.3 is 0 Å². The van der Waals surface area contributed by atoms with Crippen LogP contribution in [0.2, 0.25) is 0 Å². The van der Waals surface area contributed by atoms with Gasteiger partial charge < -0.3 is 14.5 Å². The average molecular weight is 305 g/mol. The highest BCUT2D eigenvalue weighted by atomic mass is 35.5. The predicted molar refractivity (Wildman–Crippen MR) is 90.4 cm³/mol. The highest BCUT2D eigenvalue weighted by molar-refractivity contribution is 5.85. The number of hydrogen-bond donors (Lipinski definition) is 0. The van der Waals surface area contributed by atoms with E-state index in [2.05, 4.69) is 48.2 Å². The zero-order valence-electron chi connectivity index (χ0n) is 12.5. The molecule has 3 rings (SSSR count). The first-order valence-electron chi connectivity index (χ1n) is 7.04. The molecule has 1 aliphatic heterocycles. The van der Waals surface area contributed by atoms with E-state index < -0.39 is 0 Å². The Morgan fingerprint density at radius 2 is 1.43 bits per heavy atom. The summed E-state index contributed by atoms with van der Waals surface area (Å²) in [6.45, 7) is 2.08. The minimum Gasteiger partial charge on any atom is -0.453 e. The van der Waals surface area contributed by atoms with Gasteiger partial charge in [-0.25, -0.2) is 0 Å². The van der Waals surface area contributed by atoms with Crippen molar-refractivity contribution in [1.29, 1.82) is 0 Å². The van der Waals surface area contributed by atoms with E-state index in [0.29, 0.717) is 0 Å². The van der Waals surface area contributed by atoms with Crippen LogP contribution in [0.3, 0.4) is 0 Å². The van der Waals surface area contributed by atoms with Gasteiger partial charge in [0.25, 0.3) is 0 Å². The molecule has 0 N–H and O–H groups in total. The highest BCUT2D eigenvalue weighted by Crippen LogP contribution is 2.46. The molecule has 112 valence electrons. The van der Waals surface area contributed by atoms with E-state index in [-0.39, 0.29) is 12.4 Å². The minimum atomic E-state index is 0. The fourth-order valence-corrected chi connectivity index (χ4v) is 2.57. The number of nitrogens with zero attached hydrogens (tertiary/aromatic N) is 2. The molecule has 3 nitrogen and oxygen atoms in total. The molecule has 2 aromatic rings. The number of benzene rings is 2. The van der Waals surface area contributed by atoms with Crippen LogP contribution < -0.4 is 9.64 Å². The first-order valence-corrected chi connectivity index (χ1v) is 7.04. The first-order chi connectivity index (χ1) is 9.75. The molecule has 2 aromatic carbocycles. The van der Waals surface area contributed by atoms with Crippen molar-refractivity contribution in [2.45, 2.75) is 6.42 Å².